The van der Waals surface area contributed by atoms with E-state index in [0.717, 1.165) is 0 Å². The van der Waals surface area contributed by atoms with Crippen LogP contribution in [0.3, 0.4) is 0 Å². The van der Waals surface area contributed by atoms with Crippen molar-refractivity contribution >= 4 is 0 Å². The fourth-order valence-electron chi connectivity index (χ4n) is 0.486. The molecule has 0 aliphatic rings. The molecule has 0 aliphatic heterocycles. The molecule has 0 heterocycles. The fraction of sp³-hybridized carbons (Fsp3) is 0.667. The molecule has 0 fully saturated rings. The van der Waals surface area contributed by atoms with Crippen molar-refractivity contribution in [3.63, 3.8) is 0 Å². The third kappa shape index (κ3) is 17.8. The van der Waals surface area contributed by atoms with Gasteiger partial charge in [0.05, 0.1) is 0 Å². The van der Waals surface area contributed by atoms with Gasteiger partial charge in [0, 0.05) is 65.4 Å². The molecule has 0 saturated carbocycles. The Morgan fingerprint density at radius 2 is 1.22 bits per heavy atom. The normalized spacial score (nSPS) is 14.7. The van der Waals surface area contributed by atoms with Crippen molar-refractivity contribution in [1.29, 1.82) is 0 Å². The van der Waals surface area contributed by atoms with Gasteiger partial charge in [-0.1, -0.05) is 13.8 Å². The van der Waals surface area contributed by atoms with E-state index in [4.69, 9.17) is 0 Å². The third-order valence-corrected chi connectivity index (χ3v) is 0.569. The topological polar surface area (TPSA) is 12.0 Å². The maximum atomic E-state index is 3.73. The van der Waals surface area contributed by atoms with Crippen LogP contribution in [0, 0.1) is 13.8 Å². The van der Waals surface area contributed by atoms with Crippen LogP contribution in [0.4, 0.5) is 0 Å². The number of hydrogen-bond donors (Lipinski definition) is 1. The van der Waals surface area contributed by atoms with Gasteiger partial charge in [0.15, 0.2) is 0 Å². The van der Waals surface area contributed by atoms with Crippen molar-refractivity contribution in [3.8, 4) is 0 Å². The van der Waals surface area contributed by atoms with Gasteiger partial charge in [-0.3, -0.25) is 0 Å². The van der Waals surface area contributed by atoms with E-state index in [-0.39, 0.29) is 65.4 Å². The summed E-state index contributed by atoms with van der Waals surface area (Å²) in [7, 11) is 0. The van der Waals surface area contributed by atoms with E-state index >= 15 is 0 Å². The first-order valence-corrected chi connectivity index (χ1v) is 2.55. The van der Waals surface area contributed by atoms with Gasteiger partial charge < -0.3 is 19.2 Å². The molecule has 50 valence electrons. The Balaban J connectivity index is -0.000000180. The Labute approximate surface area is 109 Å². The van der Waals surface area contributed by atoms with E-state index in [1.54, 1.807) is 0 Å². The second kappa shape index (κ2) is 10.2. The number of rotatable bonds is 2. The summed E-state index contributed by atoms with van der Waals surface area (Å²) in [5.41, 5.74) is 0. The summed E-state index contributed by atoms with van der Waals surface area (Å²) in [5.74, 6) is 0. The minimum absolute atomic E-state index is 0. The van der Waals surface area contributed by atoms with Crippen molar-refractivity contribution in [2.45, 2.75) is 25.9 Å². The van der Waals surface area contributed by atoms with Crippen molar-refractivity contribution in [2.75, 3.05) is 0 Å². The summed E-state index contributed by atoms with van der Waals surface area (Å²) in [4.78, 5) is 0. The third-order valence-electron chi connectivity index (χ3n) is 0.569. The van der Waals surface area contributed by atoms with Crippen molar-refractivity contribution in [2.24, 2.45) is 0 Å². The Kier molecular flexibility index (Phi) is 19.6. The van der Waals surface area contributed by atoms with Gasteiger partial charge in [-0.05, 0) is 0 Å². The van der Waals surface area contributed by atoms with Crippen LogP contribution >= 0.6 is 0 Å². The SMILES string of the molecule is [CH2-]C(C)NC([CH2-])C.[Y].[Y]. The molecular weight excluding hydrogens is 264 g/mol. The quantitative estimate of drug-likeness (QED) is 0.743. The monoisotopic (exact) mass is 277 g/mol. The van der Waals surface area contributed by atoms with Gasteiger partial charge >= 0.3 is 0 Å². The second-order valence-corrected chi connectivity index (χ2v) is 1.97. The predicted molar refractivity (Wildman–Crippen MR) is 32.8 cm³/mol. The zero-order valence-electron chi connectivity index (χ0n) is 6.22. The maximum Gasteiger partial charge on any atom is 0 e. The standard InChI is InChI=1S/C6H13N.2Y/c1-5(2)7-6(3)4;;/h5-7H,1,3H2,2,4H3;;/q-2;;. The predicted octanol–water partition coefficient (Wildman–Crippen LogP) is 1.02. The summed E-state index contributed by atoms with van der Waals surface area (Å²) in [5, 5.41) is 3.08. The van der Waals surface area contributed by atoms with Gasteiger partial charge in [-0.15, -0.1) is 12.1 Å². The summed E-state index contributed by atoms with van der Waals surface area (Å²) in [6.45, 7) is 11.5. The Morgan fingerprint density at radius 3 is 1.22 bits per heavy atom. The summed E-state index contributed by atoms with van der Waals surface area (Å²) in [6.07, 6.45) is 0. The van der Waals surface area contributed by atoms with E-state index in [9.17, 15) is 0 Å². The minimum atomic E-state index is 0. The maximum absolute atomic E-state index is 3.73. The molecule has 3 heteroatoms. The van der Waals surface area contributed by atoms with Crippen molar-refractivity contribution in [3.05, 3.63) is 13.8 Å². The molecule has 2 radical (unpaired) electrons. The van der Waals surface area contributed by atoms with Crippen LogP contribution < -0.4 is 5.32 Å². The fourth-order valence-corrected chi connectivity index (χ4v) is 0.486. The molecule has 1 nitrogen and oxygen atoms in total. The van der Waals surface area contributed by atoms with E-state index in [1.807, 2.05) is 13.8 Å². The van der Waals surface area contributed by atoms with E-state index in [1.165, 1.54) is 0 Å². The molecule has 1 N–H and O–H groups in total. The molecule has 0 aromatic heterocycles. The van der Waals surface area contributed by atoms with Crippen LogP contribution in [0.2, 0.25) is 0 Å². The zero-order chi connectivity index (χ0) is 5.86. The zero-order valence-corrected chi connectivity index (χ0v) is 11.9. The summed E-state index contributed by atoms with van der Waals surface area (Å²) >= 11 is 0. The Hall–Kier alpha value is 2.17. The average Bonchev–Trinajstić information content (AvgIpc) is 1.27. The minimum Gasteiger partial charge on any atom is -0.371 e. The molecule has 0 bridgehead atoms. The van der Waals surface area contributed by atoms with Crippen LogP contribution in [0.25, 0.3) is 0 Å². The van der Waals surface area contributed by atoms with Gasteiger partial charge in [0.25, 0.3) is 0 Å². The van der Waals surface area contributed by atoms with E-state index in [0.29, 0.717) is 12.1 Å². The first kappa shape index (κ1) is 17.3. The van der Waals surface area contributed by atoms with Gasteiger partial charge in [-0.2, -0.15) is 0 Å². The van der Waals surface area contributed by atoms with E-state index in [2.05, 4.69) is 19.2 Å². The van der Waals surface area contributed by atoms with Crippen molar-refractivity contribution in [1.82, 2.24) is 5.32 Å². The van der Waals surface area contributed by atoms with Crippen LogP contribution in [-0.4, -0.2) is 12.1 Å². The molecular formula is C6H13NY2-2. The molecule has 0 aromatic carbocycles. The molecule has 0 aliphatic carbocycles. The summed E-state index contributed by atoms with van der Waals surface area (Å²) < 4.78 is 0. The van der Waals surface area contributed by atoms with E-state index < -0.39 is 0 Å². The van der Waals surface area contributed by atoms with Crippen molar-refractivity contribution < 1.29 is 65.4 Å². The molecule has 0 amide bonds. The molecule has 0 rings (SSSR count). The van der Waals surface area contributed by atoms with Crippen LogP contribution in [0.15, 0.2) is 0 Å². The molecule has 9 heavy (non-hydrogen) atoms. The van der Waals surface area contributed by atoms with Gasteiger partial charge in [-0.25, -0.2) is 0 Å². The Morgan fingerprint density at radius 1 is 1.00 bits per heavy atom. The molecule has 0 spiro atoms. The smallest absolute Gasteiger partial charge is 0 e. The molecule has 2 atom stereocenters. The van der Waals surface area contributed by atoms with Crippen LogP contribution in [-0.2, 0) is 65.4 Å². The Bertz CT molecular complexity index is 40.3. The first-order valence-electron chi connectivity index (χ1n) is 2.55. The second-order valence-electron chi connectivity index (χ2n) is 1.97. The first-order chi connectivity index (χ1) is 3.13. The molecule has 0 aromatic rings. The largest absolute Gasteiger partial charge is 0.371 e. The number of nitrogens with one attached hydrogen (secondary N) is 1. The number of hydrogen-bond acceptors (Lipinski definition) is 1. The van der Waals surface area contributed by atoms with Crippen LogP contribution in [0.5, 0.6) is 0 Å². The molecule has 2 unspecified atom stereocenters. The molecule has 0 saturated heterocycles. The van der Waals surface area contributed by atoms with Crippen LogP contribution in [0.1, 0.15) is 13.8 Å². The summed E-state index contributed by atoms with van der Waals surface area (Å²) in [6, 6.07) is 0.625. The average molecular weight is 277 g/mol. The van der Waals surface area contributed by atoms with Gasteiger partial charge in [0.2, 0.25) is 0 Å². The van der Waals surface area contributed by atoms with Gasteiger partial charge in [0.1, 0.15) is 0 Å².